The molecule has 0 aromatic heterocycles. The molecule has 2 aromatic rings. The van der Waals surface area contributed by atoms with Gasteiger partial charge in [-0.05, 0) is 42.5 Å². The maximum absolute atomic E-state index is 13.0. The molecule has 0 saturated carbocycles. The smallest absolute Gasteiger partial charge is 0.252 e. The van der Waals surface area contributed by atoms with Gasteiger partial charge in [0.05, 0.1) is 15.5 Å². The van der Waals surface area contributed by atoms with Crippen molar-refractivity contribution in [1.29, 1.82) is 0 Å². The number of thioether (sulfide) groups is 1. The van der Waals surface area contributed by atoms with Crippen molar-refractivity contribution in [3.63, 3.8) is 0 Å². The molecular weight excluding hydrogens is 440 g/mol. The first-order valence-electron chi connectivity index (χ1n) is 10.1. The number of carbonyl (C=O) groups is 1. The molecule has 2 aromatic carbocycles. The lowest BCUT2D eigenvalue weighted by Gasteiger charge is -2.29. The number of piperidine rings is 1. The van der Waals surface area contributed by atoms with Gasteiger partial charge in [0.2, 0.25) is 10.0 Å². The van der Waals surface area contributed by atoms with Crippen LogP contribution < -0.4 is 5.32 Å². The maximum Gasteiger partial charge on any atom is 0.252 e. The molecule has 162 valence electrons. The van der Waals surface area contributed by atoms with Gasteiger partial charge in [-0.1, -0.05) is 48.9 Å². The average molecular weight is 467 g/mol. The van der Waals surface area contributed by atoms with Crippen LogP contribution >= 0.6 is 23.4 Å². The van der Waals surface area contributed by atoms with Gasteiger partial charge >= 0.3 is 0 Å². The minimum absolute atomic E-state index is 0.116. The van der Waals surface area contributed by atoms with Crippen molar-refractivity contribution in [2.24, 2.45) is 5.92 Å². The third-order valence-corrected chi connectivity index (χ3v) is 8.46. The number of nitrogens with one attached hydrogen (secondary N) is 1. The number of nitrogens with zero attached hydrogens (tertiary/aromatic N) is 1. The summed E-state index contributed by atoms with van der Waals surface area (Å²) in [6.07, 6.45) is 1.70. The highest BCUT2D eigenvalue weighted by Gasteiger charge is 2.29. The molecule has 0 bridgehead atoms. The van der Waals surface area contributed by atoms with Gasteiger partial charge in [0.25, 0.3) is 5.91 Å². The molecule has 1 aliphatic rings. The first-order chi connectivity index (χ1) is 14.4. The van der Waals surface area contributed by atoms with Gasteiger partial charge in [-0.2, -0.15) is 16.1 Å². The molecular formula is C22H27ClN2O3S2. The van der Waals surface area contributed by atoms with Gasteiger partial charge < -0.3 is 5.32 Å². The van der Waals surface area contributed by atoms with Gasteiger partial charge in [0.15, 0.2) is 0 Å². The van der Waals surface area contributed by atoms with Crippen LogP contribution in [0.2, 0.25) is 5.02 Å². The third-order valence-electron chi connectivity index (χ3n) is 5.21. The summed E-state index contributed by atoms with van der Waals surface area (Å²) in [7, 11) is -3.63. The largest absolute Gasteiger partial charge is 0.351 e. The van der Waals surface area contributed by atoms with E-state index >= 15 is 0 Å². The molecule has 1 aliphatic heterocycles. The zero-order chi connectivity index (χ0) is 21.6. The van der Waals surface area contributed by atoms with Crippen LogP contribution in [0.15, 0.2) is 53.4 Å². The van der Waals surface area contributed by atoms with Crippen molar-refractivity contribution < 1.29 is 13.2 Å². The van der Waals surface area contributed by atoms with Crippen molar-refractivity contribution in [3.8, 4) is 0 Å². The van der Waals surface area contributed by atoms with Crippen LogP contribution in [-0.4, -0.2) is 44.0 Å². The van der Waals surface area contributed by atoms with E-state index in [1.807, 2.05) is 18.2 Å². The average Bonchev–Trinajstić information content (AvgIpc) is 2.74. The second-order valence-electron chi connectivity index (χ2n) is 7.52. The fourth-order valence-electron chi connectivity index (χ4n) is 3.31. The lowest BCUT2D eigenvalue weighted by Crippen LogP contribution is -2.38. The molecule has 1 saturated heterocycles. The molecule has 5 nitrogen and oxygen atoms in total. The van der Waals surface area contributed by atoms with Gasteiger partial charge in [-0.3, -0.25) is 4.79 Å². The molecule has 8 heteroatoms. The van der Waals surface area contributed by atoms with Gasteiger partial charge in [-0.25, -0.2) is 8.42 Å². The van der Waals surface area contributed by atoms with Crippen molar-refractivity contribution in [1.82, 2.24) is 9.62 Å². The molecule has 0 atom stereocenters. The summed E-state index contributed by atoms with van der Waals surface area (Å²) in [4.78, 5) is 12.7. The highest BCUT2D eigenvalue weighted by molar-refractivity contribution is 7.98. The highest BCUT2D eigenvalue weighted by Crippen LogP contribution is 2.26. The summed E-state index contributed by atoms with van der Waals surface area (Å²) in [5, 5.41) is 3.08. The quantitative estimate of drug-likeness (QED) is 0.584. The van der Waals surface area contributed by atoms with E-state index in [-0.39, 0.29) is 21.4 Å². The van der Waals surface area contributed by atoms with E-state index in [0.717, 1.165) is 24.3 Å². The van der Waals surface area contributed by atoms with Crippen LogP contribution in [0.1, 0.15) is 35.7 Å². The first kappa shape index (κ1) is 23.1. The lowest BCUT2D eigenvalue weighted by atomic mass is 10.0. The molecule has 0 unspecified atom stereocenters. The van der Waals surface area contributed by atoms with E-state index in [1.54, 1.807) is 11.8 Å². The van der Waals surface area contributed by atoms with Crippen LogP contribution in [0, 0.1) is 5.92 Å². The molecule has 0 aliphatic carbocycles. The summed E-state index contributed by atoms with van der Waals surface area (Å²) in [6.45, 7) is 3.62. The maximum atomic E-state index is 13.0. The van der Waals surface area contributed by atoms with Crippen molar-refractivity contribution in [2.45, 2.75) is 30.4 Å². The standard InChI is InChI=1S/C22H27ClN2O3S2/c1-17-9-12-25(13-10-17)30(27,28)19-7-8-21(23)20(15-19)22(26)24-11-14-29-16-18-5-3-2-4-6-18/h2-8,15,17H,9-14,16H2,1H3,(H,24,26). The van der Waals surface area contributed by atoms with Crippen LogP contribution in [0.25, 0.3) is 0 Å². The van der Waals surface area contributed by atoms with Crippen molar-refractivity contribution in [3.05, 3.63) is 64.7 Å². The summed E-state index contributed by atoms with van der Waals surface area (Å²) in [5.74, 6) is 1.80. The summed E-state index contributed by atoms with van der Waals surface area (Å²) >= 11 is 7.92. The third kappa shape index (κ3) is 6.00. The minimum atomic E-state index is -3.63. The normalized spacial score (nSPS) is 15.8. The second kappa shape index (κ2) is 10.7. The van der Waals surface area contributed by atoms with E-state index in [2.05, 4.69) is 24.4 Å². The monoisotopic (exact) mass is 466 g/mol. The van der Waals surface area contributed by atoms with E-state index in [1.165, 1.54) is 28.1 Å². The van der Waals surface area contributed by atoms with E-state index in [4.69, 9.17) is 11.6 Å². The van der Waals surface area contributed by atoms with Gasteiger partial charge in [0, 0.05) is 31.1 Å². The molecule has 1 fully saturated rings. The topological polar surface area (TPSA) is 66.5 Å². The van der Waals surface area contributed by atoms with Crippen LogP contribution in [0.3, 0.4) is 0 Å². The predicted octanol–water partition coefficient (Wildman–Crippen LogP) is 4.42. The molecule has 30 heavy (non-hydrogen) atoms. The number of rotatable bonds is 8. The number of halogens is 1. The Morgan fingerprint density at radius 2 is 1.87 bits per heavy atom. The Kier molecular flexibility index (Phi) is 8.22. The summed E-state index contributed by atoms with van der Waals surface area (Å²) < 4.78 is 27.4. The molecule has 3 rings (SSSR count). The highest BCUT2D eigenvalue weighted by atomic mass is 35.5. The molecule has 0 radical (unpaired) electrons. The summed E-state index contributed by atoms with van der Waals surface area (Å²) in [5.41, 5.74) is 1.43. The first-order valence-corrected chi connectivity index (χ1v) is 13.0. The molecule has 0 spiro atoms. The van der Waals surface area contributed by atoms with Crippen LogP contribution in [0.5, 0.6) is 0 Å². The zero-order valence-electron chi connectivity index (χ0n) is 17.0. The Morgan fingerprint density at radius 3 is 2.57 bits per heavy atom. The zero-order valence-corrected chi connectivity index (χ0v) is 19.4. The number of hydrogen-bond donors (Lipinski definition) is 1. The minimum Gasteiger partial charge on any atom is -0.351 e. The van der Waals surface area contributed by atoms with Gasteiger partial charge in [0.1, 0.15) is 0 Å². The Morgan fingerprint density at radius 1 is 1.17 bits per heavy atom. The van der Waals surface area contributed by atoms with Crippen LogP contribution in [0.4, 0.5) is 0 Å². The van der Waals surface area contributed by atoms with Crippen LogP contribution in [-0.2, 0) is 15.8 Å². The molecule has 1 N–H and O–H groups in total. The number of carbonyl (C=O) groups excluding carboxylic acids is 1. The SMILES string of the molecule is CC1CCN(S(=O)(=O)c2ccc(Cl)c(C(=O)NCCSCc3ccccc3)c2)CC1. The molecule has 1 heterocycles. The Labute approximate surface area is 188 Å². The molecule has 1 amide bonds. The Balaban J connectivity index is 1.58. The van der Waals surface area contributed by atoms with Gasteiger partial charge in [-0.15, -0.1) is 0 Å². The second-order valence-corrected chi connectivity index (χ2v) is 11.0. The van der Waals surface area contributed by atoms with E-state index in [0.29, 0.717) is 25.6 Å². The lowest BCUT2D eigenvalue weighted by molar-refractivity contribution is 0.0956. The van der Waals surface area contributed by atoms with Crippen molar-refractivity contribution in [2.75, 3.05) is 25.4 Å². The number of amides is 1. The predicted molar refractivity (Wildman–Crippen MR) is 124 cm³/mol. The van der Waals surface area contributed by atoms with E-state index in [9.17, 15) is 13.2 Å². The van der Waals surface area contributed by atoms with E-state index < -0.39 is 10.0 Å². The Bertz CT molecular complexity index is 960. The number of hydrogen-bond acceptors (Lipinski definition) is 4. The summed E-state index contributed by atoms with van der Waals surface area (Å²) in [6, 6.07) is 14.5. The fourth-order valence-corrected chi connectivity index (χ4v) is 5.83. The number of benzene rings is 2. The fraction of sp³-hybridized carbons (Fsp3) is 0.409. The number of sulfonamides is 1. The Hall–Kier alpha value is -1.54. The van der Waals surface area contributed by atoms with Crippen molar-refractivity contribution >= 4 is 39.3 Å².